The van der Waals surface area contributed by atoms with Crippen molar-refractivity contribution in [2.75, 3.05) is 39.9 Å². The van der Waals surface area contributed by atoms with Crippen LogP contribution >= 0.6 is 0 Å². The highest BCUT2D eigenvalue weighted by Crippen LogP contribution is 2.29. The Kier molecular flexibility index (Phi) is 8.91. The Bertz CT molecular complexity index is 900. The molecule has 4 amide bonds. The maximum absolute atomic E-state index is 13.4. The Labute approximate surface area is 202 Å². The third-order valence-corrected chi connectivity index (χ3v) is 6.07. The van der Waals surface area contributed by atoms with Crippen LogP contribution < -0.4 is 5.32 Å². The highest BCUT2D eigenvalue weighted by atomic mass is 16.5. The van der Waals surface area contributed by atoms with E-state index in [1.165, 1.54) is 5.01 Å². The van der Waals surface area contributed by atoms with Gasteiger partial charge in [0.2, 0.25) is 11.8 Å². The van der Waals surface area contributed by atoms with Crippen LogP contribution in [0.3, 0.4) is 0 Å². The highest BCUT2D eigenvalue weighted by Gasteiger charge is 2.51. The lowest BCUT2D eigenvalue weighted by Crippen LogP contribution is -2.76. The fourth-order valence-corrected chi connectivity index (χ4v) is 4.57. The summed E-state index contributed by atoms with van der Waals surface area (Å²) in [4.78, 5) is 43.4. The summed E-state index contributed by atoms with van der Waals surface area (Å²) < 4.78 is 5.16. The van der Waals surface area contributed by atoms with Crippen molar-refractivity contribution in [2.24, 2.45) is 5.92 Å². The summed E-state index contributed by atoms with van der Waals surface area (Å²) in [6, 6.07) is 8.63. The van der Waals surface area contributed by atoms with Gasteiger partial charge in [-0.2, -0.15) is 5.01 Å². The molecule has 1 aromatic carbocycles. The zero-order chi connectivity index (χ0) is 24.7. The predicted octanol–water partition coefficient (Wildman–Crippen LogP) is 1.51. The van der Waals surface area contributed by atoms with Crippen LogP contribution in [0.1, 0.15) is 32.3 Å². The number of carbonyl (C=O) groups excluding carboxylic acids is 3. The number of ether oxygens (including phenoxy) is 1. The molecule has 0 aromatic heterocycles. The van der Waals surface area contributed by atoms with Crippen LogP contribution in [0.4, 0.5) is 4.79 Å². The molecule has 9 heteroatoms. The number of methoxy groups -OCH3 is 1. The number of carbonyl (C=O) groups is 3. The number of hydrogen-bond donors (Lipinski definition) is 1. The first-order chi connectivity index (χ1) is 16.4. The van der Waals surface area contributed by atoms with Gasteiger partial charge in [0.25, 0.3) is 0 Å². The lowest BCUT2D eigenvalue weighted by Gasteiger charge is -2.55. The molecule has 0 bridgehead atoms. The molecule has 2 saturated heterocycles. The number of benzene rings is 1. The molecule has 9 nitrogen and oxygen atoms in total. The highest BCUT2D eigenvalue weighted by molar-refractivity contribution is 5.91. The number of hydrazine groups is 1. The van der Waals surface area contributed by atoms with Crippen molar-refractivity contribution in [3.8, 4) is 12.3 Å². The summed E-state index contributed by atoms with van der Waals surface area (Å²) in [6.45, 7) is 5.69. The maximum Gasteiger partial charge on any atom is 0.334 e. The molecule has 2 aliphatic heterocycles. The smallest absolute Gasteiger partial charge is 0.334 e. The van der Waals surface area contributed by atoms with Gasteiger partial charge in [-0.25, -0.2) is 9.80 Å². The van der Waals surface area contributed by atoms with Crippen molar-refractivity contribution in [1.29, 1.82) is 0 Å². The van der Waals surface area contributed by atoms with Crippen molar-refractivity contribution in [3.63, 3.8) is 0 Å². The van der Waals surface area contributed by atoms with Gasteiger partial charge in [-0.1, -0.05) is 50.1 Å². The number of terminal acetylenes is 1. The van der Waals surface area contributed by atoms with Gasteiger partial charge in [0.15, 0.2) is 0 Å². The summed E-state index contributed by atoms with van der Waals surface area (Å²) in [5, 5.41) is 6.09. The Morgan fingerprint density at radius 2 is 2.00 bits per heavy atom. The SMILES string of the molecule is C#CCN1CC(=O)N2[C@@H](CC(C)C)C(=O)N(CCCOC)C[C@@H]2N1C(=O)NCc1ccccc1. The van der Waals surface area contributed by atoms with Crippen LogP contribution in [0.25, 0.3) is 0 Å². The molecule has 2 atom stereocenters. The number of nitrogens with zero attached hydrogens (tertiary/aromatic N) is 4. The molecule has 1 N–H and O–H groups in total. The van der Waals surface area contributed by atoms with Gasteiger partial charge < -0.3 is 19.9 Å². The lowest BCUT2D eigenvalue weighted by molar-refractivity contribution is -0.189. The zero-order valence-corrected chi connectivity index (χ0v) is 20.3. The van der Waals surface area contributed by atoms with Gasteiger partial charge in [0.05, 0.1) is 19.6 Å². The van der Waals surface area contributed by atoms with E-state index >= 15 is 0 Å². The molecule has 2 fully saturated rings. The molecule has 0 saturated carbocycles. The van der Waals surface area contributed by atoms with E-state index in [-0.39, 0.29) is 43.4 Å². The Balaban J connectivity index is 1.89. The Morgan fingerprint density at radius 3 is 2.65 bits per heavy atom. The fourth-order valence-electron chi connectivity index (χ4n) is 4.57. The van der Waals surface area contributed by atoms with Crippen LogP contribution in [0, 0.1) is 18.3 Å². The second-order valence-electron chi connectivity index (χ2n) is 9.07. The van der Waals surface area contributed by atoms with E-state index in [2.05, 4.69) is 11.2 Å². The van der Waals surface area contributed by atoms with Gasteiger partial charge in [-0.05, 0) is 24.3 Å². The van der Waals surface area contributed by atoms with Crippen LogP contribution in [0.15, 0.2) is 30.3 Å². The number of amides is 4. The number of nitrogens with one attached hydrogen (secondary N) is 1. The summed E-state index contributed by atoms with van der Waals surface area (Å²) in [5.74, 6) is 2.48. The Morgan fingerprint density at radius 1 is 1.26 bits per heavy atom. The first-order valence-corrected chi connectivity index (χ1v) is 11.8. The predicted molar refractivity (Wildman–Crippen MR) is 128 cm³/mol. The normalized spacial score (nSPS) is 21.0. The van der Waals surface area contributed by atoms with Gasteiger partial charge in [0, 0.05) is 26.8 Å². The molecule has 184 valence electrons. The third kappa shape index (κ3) is 5.88. The van der Waals surface area contributed by atoms with Crippen molar-refractivity contribution < 1.29 is 19.1 Å². The number of rotatable bonds is 9. The van der Waals surface area contributed by atoms with Crippen LogP contribution in [0.5, 0.6) is 0 Å². The molecule has 3 rings (SSSR count). The zero-order valence-electron chi connectivity index (χ0n) is 20.3. The molecular weight excluding hydrogens is 434 g/mol. The molecule has 0 aliphatic carbocycles. The van der Waals surface area contributed by atoms with E-state index in [0.29, 0.717) is 32.5 Å². The summed E-state index contributed by atoms with van der Waals surface area (Å²) in [6.07, 6.45) is 6.14. The largest absolute Gasteiger partial charge is 0.385 e. The minimum atomic E-state index is -0.630. The van der Waals surface area contributed by atoms with Crippen LogP contribution in [-0.4, -0.2) is 89.8 Å². The molecular formula is C25H35N5O4. The number of urea groups is 1. The van der Waals surface area contributed by atoms with Gasteiger partial charge >= 0.3 is 6.03 Å². The fraction of sp³-hybridized carbons (Fsp3) is 0.560. The van der Waals surface area contributed by atoms with Gasteiger partial charge in [-0.15, -0.1) is 6.42 Å². The van der Waals surface area contributed by atoms with E-state index in [9.17, 15) is 14.4 Å². The molecule has 0 spiro atoms. The molecule has 2 heterocycles. The minimum Gasteiger partial charge on any atom is -0.385 e. The van der Waals surface area contributed by atoms with E-state index in [4.69, 9.17) is 11.2 Å². The maximum atomic E-state index is 13.4. The summed E-state index contributed by atoms with van der Waals surface area (Å²) in [5.41, 5.74) is 0.960. The molecule has 1 aromatic rings. The van der Waals surface area contributed by atoms with Gasteiger partial charge in [0.1, 0.15) is 12.2 Å². The summed E-state index contributed by atoms with van der Waals surface area (Å²) in [7, 11) is 1.62. The van der Waals surface area contributed by atoms with E-state index in [1.807, 2.05) is 44.2 Å². The lowest BCUT2D eigenvalue weighted by atomic mass is 9.97. The average Bonchev–Trinajstić information content (AvgIpc) is 2.80. The molecule has 0 unspecified atom stereocenters. The topological polar surface area (TPSA) is 85.4 Å². The first-order valence-electron chi connectivity index (χ1n) is 11.8. The standard InChI is InChI=1S/C25H35N5O4/c1-5-12-28-18-23(31)29-21(15-19(2)3)24(32)27(13-9-14-34-4)17-22(29)30(28)25(33)26-16-20-10-7-6-8-11-20/h1,6-8,10-11,19,21-22H,9,12-18H2,2-4H3,(H,26,33)/t21-,22-/m0/s1. The number of piperazine rings is 1. The average molecular weight is 470 g/mol. The Hall–Kier alpha value is -3.09. The van der Waals surface area contributed by atoms with E-state index < -0.39 is 12.2 Å². The third-order valence-electron chi connectivity index (χ3n) is 6.07. The number of hydrogen-bond acceptors (Lipinski definition) is 5. The first kappa shape index (κ1) is 25.5. The van der Waals surface area contributed by atoms with E-state index in [0.717, 1.165) is 5.56 Å². The van der Waals surface area contributed by atoms with Crippen molar-refractivity contribution in [2.45, 2.75) is 45.4 Å². The molecule has 0 radical (unpaired) electrons. The quantitative estimate of drug-likeness (QED) is 0.438. The minimum absolute atomic E-state index is 0.0506. The van der Waals surface area contributed by atoms with Crippen LogP contribution in [0.2, 0.25) is 0 Å². The second-order valence-corrected chi connectivity index (χ2v) is 9.07. The van der Waals surface area contributed by atoms with Crippen molar-refractivity contribution in [3.05, 3.63) is 35.9 Å². The van der Waals surface area contributed by atoms with Gasteiger partial charge in [-0.3, -0.25) is 9.59 Å². The molecule has 2 aliphatic rings. The van der Waals surface area contributed by atoms with Crippen molar-refractivity contribution in [1.82, 2.24) is 25.1 Å². The van der Waals surface area contributed by atoms with Crippen LogP contribution in [-0.2, 0) is 20.9 Å². The monoisotopic (exact) mass is 469 g/mol. The number of fused-ring (bicyclic) bond motifs is 1. The second kappa shape index (κ2) is 11.9. The summed E-state index contributed by atoms with van der Waals surface area (Å²) >= 11 is 0. The molecule has 34 heavy (non-hydrogen) atoms. The van der Waals surface area contributed by atoms with Crippen molar-refractivity contribution >= 4 is 17.8 Å². The van der Waals surface area contributed by atoms with E-state index in [1.54, 1.807) is 21.9 Å².